The number of nitrogens with one attached hydrogen (secondary N) is 1. The van der Waals surface area contributed by atoms with E-state index >= 15 is 0 Å². The Labute approximate surface area is 84.0 Å². The molecule has 0 aromatic carbocycles. The second kappa shape index (κ2) is 5.54. The van der Waals surface area contributed by atoms with E-state index in [2.05, 4.69) is 17.2 Å². The molecule has 14 heavy (non-hydrogen) atoms. The van der Waals surface area contributed by atoms with Gasteiger partial charge >= 0.3 is 5.69 Å². The average Bonchev–Trinajstić information content (AvgIpc) is 2.20. The average molecular weight is 195 g/mol. The maximum atomic E-state index is 11.3. The van der Waals surface area contributed by atoms with Gasteiger partial charge in [0.25, 0.3) is 0 Å². The molecule has 0 spiro atoms. The van der Waals surface area contributed by atoms with Crippen LogP contribution >= 0.6 is 0 Å². The lowest BCUT2D eigenvalue weighted by Crippen LogP contribution is -2.34. The third-order valence-electron chi connectivity index (χ3n) is 2.25. The monoisotopic (exact) mass is 195 g/mol. The van der Waals surface area contributed by atoms with Crippen LogP contribution < -0.4 is 11.0 Å². The topological polar surface area (TPSA) is 46.9 Å². The Bertz CT molecular complexity index is 321. The van der Waals surface area contributed by atoms with E-state index in [4.69, 9.17) is 0 Å². The number of nitrogens with zero attached hydrogens (tertiary/aromatic N) is 2. The molecule has 0 saturated carbocycles. The zero-order chi connectivity index (χ0) is 10.4. The number of hydrogen-bond acceptors (Lipinski definition) is 3. The fraction of sp³-hybridized carbons (Fsp3) is 0.600. The fourth-order valence-electron chi connectivity index (χ4n) is 1.44. The Hall–Kier alpha value is -1.16. The van der Waals surface area contributed by atoms with Gasteiger partial charge in [0.1, 0.15) is 0 Å². The highest BCUT2D eigenvalue weighted by Crippen LogP contribution is 1.97. The first kappa shape index (κ1) is 10.9. The Morgan fingerprint density at radius 1 is 1.64 bits per heavy atom. The van der Waals surface area contributed by atoms with Crippen LogP contribution in [0.2, 0.25) is 0 Å². The van der Waals surface area contributed by atoms with Crippen LogP contribution in [0.4, 0.5) is 0 Å². The number of hydrogen-bond donors (Lipinski definition) is 1. The van der Waals surface area contributed by atoms with E-state index in [1.54, 1.807) is 16.8 Å². The molecule has 1 aromatic rings. The second-order valence-electron chi connectivity index (χ2n) is 3.33. The number of aromatic nitrogens is 2. The molecule has 0 bridgehead atoms. The third-order valence-corrected chi connectivity index (χ3v) is 2.25. The van der Waals surface area contributed by atoms with Crippen LogP contribution in [0.1, 0.15) is 19.8 Å². The minimum absolute atomic E-state index is 0.177. The predicted molar refractivity (Wildman–Crippen MR) is 56.3 cm³/mol. The van der Waals surface area contributed by atoms with Gasteiger partial charge in [-0.1, -0.05) is 13.3 Å². The summed E-state index contributed by atoms with van der Waals surface area (Å²) in [6.45, 7) is 2.83. The molecule has 0 fully saturated rings. The van der Waals surface area contributed by atoms with Gasteiger partial charge < -0.3 is 5.32 Å². The minimum Gasteiger partial charge on any atom is -0.315 e. The van der Waals surface area contributed by atoms with Gasteiger partial charge in [-0.25, -0.2) is 9.78 Å². The normalized spacial score (nSPS) is 12.7. The molecule has 0 amide bonds. The summed E-state index contributed by atoms with van der Waals surface area (Å²) < 4.78 is 1.64. The lowest BCUT2D eigenvalue weighted by atomic mass is 10.2. The van der Waals surface area contributed by atoms with Crippen LogP contribution in [0, 0.1) is 0 Å². The molecule has 0 saturated heterocycles. The van der Waals surface area contributed by atoms with Gasteiger partial charge in [-0.15, -0.1) is 0 Å². The first-order chi connectivity index (χ1) is 6.77. The van der Waals surface area contributed by atoms with Gasteiger partial charge in [-0.2, -0.15) is 0 Å². The molecule has 0 aliphatic heterocycles. The molecule has 4 nitrogen and oxygen atoms in total. The zero-order valence-electron chi connectivity index (χ0n) is 8.73. The Kier molecular flexibility index (Phi) is 4.32. The smallest absolute Gasteiger partial charge is 0.315 e. The van der Waals surface area contributed by atoms with Gasteiger partial charge in [-0.3, -0.25) is 4.57 Å². The summed E-state index contributed by atoms with van der Waals surface area (Å²) in [6, 6.07) is 2.13. The van der Waals surface area contributed by atoms with Crippen molar-refractivity contribution in [1.29, 1.82) is 0 Å². The largest absolute Gasteiger partial charge is 0.347 e. The summed E-state index contributed by atoms with van der Waals surface area (Å²) in [6.07, 6.45) is 5.47. The first-order valence-corrected chi connectivity index (χ1v) is 4.96. The van der Waals surface area contributed by atoms with Crippen molar-refractivity contribution in [1.82, 2.24) is 14.9 Å². The zero-order valence-corrected chi connectivity index (χ0v) is 8.73. The molecule has 0 radical (unpaired) electrons. The van der Waals surface area contributed by atoms with E-state index in [1.807, 2.05) is 7.05 Å². The van der Waals surface area contributed by atoms with Crippen LogP contribution in [0.15, 0.2) is 23.3 Å². The summed E-state index contributed by atoms with van der Waals surface area (Å²) in [5.74, 6) is 0. The fourth-order valence-corrected chi connectivity index (χ4v) is 1.44. The Morgan fingerprint density at radius 3 is 3.00 bits per heavy atom. The minimum atomic E-state index is -0.177. The summed E-state index contributed by atoms with van der Waals surface area (Å²) in [5.41, 5.74) is -0.177. The molecule has 0 aliphatic rings. The van der Waals surface area contributed by atoms with Crippen LogP contribution in [0.5, 0.6) is 0 Å². The van der Waals surface area contributed by atoms with E-state index < -0.39 is 0 Å². The van der Waals surface area contributed by atoms with E-state index in [0.717, 1.165) is 12.8 Å². The van der Waals surface area contributed by atoms with Gasteiger partial charge in [0, 0.05) is 25.0 Å². The van der Waals surface area contributed by atoms with Crippen LogP contribution in [0.3, 0.4) is 0 Å². The Morgan fingerprint density at radius 2 is 2.43 bits per heavy atom. The SMILES string of the molecule is CCCC(Cn1cccnc1=O)NC. The molecular formula is C10H17N3O. The summed E-state index contributed by atoms with van der Waals surface area (Å²) in [4.78, 5) is 15.0. The molecule has 0 aliphatic carbocycles. The quantitative estimate of drug-likeness (QED) is 0.749. The van der Waals surface area contributed by atoms with Crippen LogP contribution in [-0.2, 0) is 6.54 Å². The molecule has 1 heterocycles. The molecule has 78 valence electrons. The highest BCUT2D eigenvalue weighted by atomic mass is 16.1. The van der Waals surface area contributed by atoms with E-state index in [0.29, 0.717) is 12.6 Å². The summed E-state index contributed by atoms with van der Waals surface area (Å²) >= 11 is 0. The molecular weight excluding hydrogens is 178 g/mol. The molecule has 1 atom stereocenters. The van der Waals surface area contributed by atoms with Crippen molar-refractivity contribution in [3.05, 3.63) is 28.9 Å². The second-order valence-corrected chi connectivity index (χ2v) is 3.33. The van der Waals surface area contributed by atoms with Gasteiger partial charge in [0.15, 0.2) is 0 Å². The van der Waals surface area contributed by atoms with Crippen molar-refractivity contribution < 1.29 is 0 Å². The van der Waals surface area contributed by atoms with E-state index in [1.165, 1.54) is 6.20 Å². The van der Waals surface area contributed by atoms with Crippen LogP contribution in [-0.4, -0.2) is 22.6 Å². The van der Waals surface area contributed by atoms with Crippen molar-refractivity contribution in [3.8, 4) is 0 Å². The third kappa shape index (κ3) is 2.96. The van der Waals surface area contributed by atoms with Crippen molar-refractivity contribution in [3.63, 3.8) is 0 Å². The maximum absolute atomic E-state index is 11.3. The lowest BCUT2D eigenvalue weighted by molar-refractivity contribution is 0.438. The Balaban J connectivity index is 2.67. The molecule has 1 N–H and O–H groups in total. The molecule has 4 heteroatoms. The lowest BCUT2D eigenvalue weighted by Gasteiger charge is -2.15. The predicted octanol–water partition coefficient (Wildman–Crippen LogP) is 0.631. The van der Waals surface area contributed by atoms with Crippen molar-refractivity contribution >= 4 is 0 Å². The van der Waals surface area contributed by atoms with Gasteiger partial charge in [-0.05, 0) is 19.5 Å². The van der Waals surface area contributed by atoms with Crippen molar-refractivity contribution in [2.24, 2.45) is 0 Å². The van der Waals surface area contributed by atoms with Crippen molar-refractivity contribution in [2.45, 2.75) is 32.4 Å². The molecule has 1 rings (SSSR count). The number of likely N-dealkylation sites (N-methyl/N-ethyl adjacent to an activating group) is 1. The standard InChI is InChI=1S/C10H17N3O/c1-3-5-9(11-2)8-13-7-4-6-12-10(13)14/h4,6-7,9,11H,3,5,8H2,1-2H3. The van der Waals surface area contributed by atoms with E-state index in [-0.39, 0.29) is 5.69 Å². The van der Waals surface area contributed by atoms with Gasteiger partial charge in [0.05, 0.1) is 0 Å². The molecule has 1 unspecified atom stereocenters. The maximum Gasteiger partial charge on any atom is 0.347 e. The van der Waals surface area contributed by atoms with E-state index in [9.17, 15) is 4.79 Å². The van der Waals surface area contributed by atoms with Crippen LogP contribution in [0.25, 0.3) is 0 Å². The van der Waals surface area contributed by atoms with Gasteiger partial charge in [0.2, 0.25) is 0 Å². The summed E-state index contributed by atoms with van der Waals surface area (Å²) in [7, 11) is 1.92. The highest BCUT2D eigenvalue weighted by Gasteiger charge is 2.06. The summed E-state index contributed by atoms with van der Waals surface area (Å²) in [5, 5.41) is 3.19. The highest BCUT2D eigenvalue weighted by molar-refractivity contribution is 4.82. The first-order valence-electron chi connectivity index (χ1n) is 4.96. The van der Waals surface area contributed by atoms with Crippen molar-refractivity contribution in [2.75, 3.05) is 7.05 Å². The molecule has 1 aromatic heterocycles. The number of rotatable bonds is 5.